The van der Waals surface area contributed by atoms with Crippen molar-refractivity contribution in [1.82, 2.24) is 10.2 Å². The third-order valence-electron chi connectivity index (χ3n) is 8.46. The number of benzene rings is 4. The van der Waals surface area contributed by atoms with E-state index in [0.29, 0.717) is 24.3 Å². The monoisotopic (exact) mass is 636 g/mol. The maximum Gasteiger partial charge on any atom is 0.255 e. The molecule has 1 N–H and O–H groups in total. The second-order valence-corrected chi connectivity index (χ2v) is 12.0. The summed E-state index contributed by atoms with van der Waals surface area (Å²) in [6.07, 6.45) is 1.75. The van der Waals surface area contributed by atoms with Crippen LogP contribution in [0.2, 0.25) is 0 Å². The number of halogens is 1. The summed E-state index contributed by atoms with van der Waals surface area (Å²) in [7, 11) is 0. The van der Waals surface area contributed by atoms with Crippen LogP contribution in [-0.2, 0) is 9.53 Å². The zero-order valence-corrected chi connectivity index (χ0v) is 25.2. The van der Waals surface area contributed by atoms with Crippen molar-refractivity contribution >= 4 is 33.5 Å². The van der Waals surface area contributed by atoms with Crippen molar-refractivity contribution in [2.45, 2.75) is 36.9 Å². The van der Waals surface area contributed by atoms with Crippen molar-refractivity contribution in [3.63, 3.8) is 0 Å². The van der Waals surface area contributed by atoms with Gasteiger partial charge in [-0.25, -0.2) is 0 Å². The van der Waals surface area contributed by atoms with Gasteiger partial charge in [0.1, 0.15) is 6.04 Å². The Morgan fingerprint density at radius 3 is 2.05 bits per heavy atom. The number of hydrogen-bond acceptors (Lipinski definition) is 4. The fourth-order valence-corrected chi connectivity index (χ4v) is 6.93. The van der Waals surface area contributed by atoms with E-state index >= 15 is 0 Å². The molecule has 7 heteroatoms. The standard InChI is InChI=1S/C36H33BrN2O4/c37-28-19-10-18-27(22-28)36(42)39-32(25-14-6-2-7-15-25)31(34(40)26-16-8-3-9-17-26)30(24-12-4-1-5-13-24)33(39)35(41)38-23-29-20-11-21-43-29/h1-10,12-19,22,29-33H,11,20-21,23H2,(H,38,41). The number of likely N-dealkylation sites (tertiary alicyclic amines) is 1. The minimum absolute atomic E-state index is 0.0681. The topological polar surface area (TPSA) is 75.7 Å². The van der Waals surface area contributed by atoms with Crippen LogP contribution in [0.25, 0.3) is 0 Å². The lowest BCUT2D eigenvalue weighted by Gasteiger charge is -2.32. The average molecular weight is 638 g/mol. The van der Waals surface area contributed by atoms with Crippen molar-refractivity contribution in [2.75, 3.05) is 13.2 Å². The number of ketones is 1. The molecular formula is C36H33BrN2O4. The number of carbonyl (C=O) groups excluding carboxylic acids is 3. The van der Waals surface area contributed by atoms with Crippen molar-refractivity contribution < 1.29 is 19.1 Å². The van der Waals surface area contributed by atoms with Gasteiger partial charge < -0.3 is 15.0 Å². The first-order valence-corrected chi connectivity index (χ1v) is 15.5. The lowest BCUT2D eigenvalue weighted by molar-refractivity contribution is -0.126. The Morgan fingerprint density at radius 1 is 0.791 bits per heavy atom. The molecular weight excluding hydrogens is 604 g/mol. The van der Waals surface area contributed by atoms with Gasteiger partial charge in [0, 0.05) is 34.7 Å². The molecule has 2 aliphatic rings. The van der Waals surface area contributed by atoms with E-state index in [1.807, 2.05) is 84.9 Å². The van der Waals surface area contributed by atoms with Gasteiger partial charge >= 0.3 is 0 Å². The molecule has 43 heavy (non-hydrogen) atoms. The quantitative estimate of drug-likeness (QED) is 0.221. The molecule has 4 aromatic carbocycles. The Kier molecular flexibility index (Phi) is 8.82. The van der Waals surface area contributed by atoms with Crippen LogP contribution in [0.15, 0.2) is 120 Å². The molecule has 0 aliphatic carbocycles. The molecule has 5 unspecified atom stereocenters. The Balaban J connectivity index is 1.54. The third kappa shape index (κ3) is 6.05. The number of amides is 2. The summed E-state index contributed by atoms with van der Waals surface area (Å²) >= 11 is 3.50. The van der Waals surface area contributed by atoms with Crippen LogP contribution in [0, 0.1) is 5.92 Å². The molecule has 2 heterocycles. The zero-order valence-electron chi connectivity index (χ0n) is 23.6. The molecule has 0 spiro atoms. The molecule has 2 amide bonds. The number of hydrogen-bond donors (Lipinski definition) is 1. The molecule has 6 nitrogen and oxygen atoms in total. The minimum Gasteiger partial charge on any atom is -0.376 e. The SMILES string of the molecule is O=C(c1ccccc1)C1C(c2ccccc2)C(C(=O)NCC2CCCO2)N(C(=O)c2cccc(Br)c2)C1c1ccccc1. The van der Waals surface area contributed by atoms with Crippen molar-refractivity contribution in [2.24, 2.45) is 5.92 Å². The van der Waals surface area contributed by atoms with Crippen LogP contribution in [0.1, 0.15) is 56.6 Å². The molecule has 0 aromatic heterocycles. The van der Waals surface area contributed by atoms with Gasteiger partial charge in [-0.05, 0) is 42.2 Å². The molecule has 2 fully saturated rings. The van der Waals surface area contributed by atoms with Gasteiger partial charge in [0.05, 0.1) is 18.1 Å². The van der Waals surface area contributed by atoms with Crippen LogP contribution < -0.4 is 5.32 Å². The molecule has 0 saturated carbocycles. The van der Waals surface area contributed by atoms with Crippen LogP contribution in [-0.4, -0.2) is 47.8 Å². The molecule has 5 atom stereocenters. The molecule has 0 bridgehead atoms. The van der Waals surface area contributed by atoms with E-state index in [1.165, 1.54) is 0 Å². The lowest BCUT2D eigenvalue weighted by atomic mass is 9.76. The maximum atomic E-state index is 14.6. The van der Waals surface area contributed by atoms with Gasteiger partial charge in [0.2, 0.25) is 5.91 Å². The number of rotatable bonds is 8. The van der Waals surface area contributed by atoms with E-state index in [9.17, 15) is 14.4 Å². The second kappa shape index (κ2) is 13.1. The summed E-state index contributed by atoms with van der Waals surface area (Å²) in [4.78, 5) is 45.3. The number of carbonyl (C=O) groups is 3. The summed E-state index contributed by atoms with van der Waals surface area (Å²) in [6, 6.07) is 33.9. The molecule has 2 saturated heterocycles. The summed E-state index contributed by atoms with van der Waals surface area (Å²) in [5, 5.41) is 3.11. The summed E-state index contributed by atoms with van der Waals surface area (Å²) in [5.41, 5.74) is 2.62. The highest BCUT2D eigenvalue weighted by Crippen LogP contribution is 2.51. The predicted molar refractivity (Wildman–Crippen MR) is 169 cm³/mol. The highest BCUT2D eigenvalue weighted by Gasteiger charge is 2.57. The molecule has 2 aliphatic heterocycles. The van der Waals surface area contributed by atoms with Crippen LogP contribution >= 0.6 is 15.9 Å². The smallest absolute Gasteiger partial charge is 0.255 e. The molecule has 218 valence electrons. The van der Waals surface area contributed by atoms with Crippen molar-refractivity contribution in [3.05, 3.63) is 142 Å². The van der Waals surface area contributed by atoms with Gasteiger partial charge in [-0.2, -0.15) is 0 Å². The Labute approximate surface area is 260 Å². The Morgan fingerprint density at radius 2 is 1.42 bits per heavy atom. The summed E-state index contributed by atoms with van der Waals surface area (Å²) in [5.74, 6) is -2.03. The fourth-order valence-electron chi connectivity index (χ4n) is 6.53. The van der Waals surface area contributed by atoms with E-state index in [4.69, 9.17) is 4.74 Å². The first-order valence-electron chi connectivity index (χ1n) is 14.7. The summed E-state index contributed by atoms with van der Waals surface area (Å²) < 4.78 is 6.54. The van der Waals surface area contributed by atoms with Gasteiger partial charge in [-0.1, -0.05) is 113 Å². The first kappa shape index (κ1) is 29.0. The van der Waals surface area contributed by atoms with E-state index in [-0.39, 0.29) is 23.7 Å². The number of nitrogens with zero attached hydrogens (tertiary/aromatic N) is 1. The number of Topliss-reactive ketones (excluding diaryl/α,β-unsaturated/α-hetero) is 1. The minimum atomic E-state index is -0.946. The Hall–Kier alpha value is -4.07. The Bertz CT molecular complexity index is 1570. The molecule has 0 radical (unpaired) electrons. The van der Waals surface area contributed by atoms with Crippen molar-refractivity contribution in [1.29, 1.82) is 0 Å². The molecule has 6 rings (SSSR count). The largest absolute Gasteiger partial charge is 0.376 e. The normalized spacial score (nSPS) is 23.2. The second-order valence-electron chi connectivity index (χ2n) is 11.1. The molecule has 4 aromatic rings. The summed E-state index contributed by atoms with van der Waals surface area (Å²) in [6.45, 7) is 1.02. The van der Waals surface area contributed by atoms with Crippen LogP contribution in [0.4, 0.5) is 0 Å². The van der Waals surface area contributed by atoms with Gasteiger partial charge in [0.15, 0.2) is 5.78 Å². The van der Waals surface area contributed by atoms with E-state index < -0.39 is 23.9 Å². The lowest BCUT2D eigenvalue weighted by Crippen LogP contribution is -2.50. The van der Waals surface area contributed by atoms with Gasteiger partial charge in [0.25, 0.3) is 5.91 Å². The van der Waals surface area contributed by atoms with E-state index in [0.717, 1.165) is 28.4 Å². The highest BCUT2D eigenvalue weighted by atomic mass is 79.9. The van der Waals surface area contributed by atoms with Crippen LogP contribution in [0.5, 0.6) is 0 Å². The first-order chi connectivity index (χ1) is 21.0. The number of nitrogens with one attached hydrogen (secondary N) is 1. The van der Waals surface area contributed by atoms with E-state index in [1.54, 1.807) is 35.2 Å². The zero-order chi connectivity index (χ0) is 29.8. The number of ether oxygens (including phenoxy) is 1. The van der Waals surface area contributed by atoms with E-state index in [2.05, 4.69) is 21.2 Å². The van der Waals surface area contributed by atoms with Gasteiger partial charge in [-0.15, -0.1) is 0 Å². The predicted octanol–water partition coefficient (Wildman–Crippen LogP) is 6.59. The third-order valence-corrected chi connectivity index (χ3v) is 8.95. The average Bonchev–Trinajstić information content (AvgIpc) is 3.71. The van der Waals surface area contributed by atoms with Crippen molar-refractivity contribution in [3.8, 4) is 0 Å². The highest BCUT2D eigenvalue weighted by molar-refractivity contribution is 9.10. The maximum absolute atomic E-state index is 14.6. The fraction of sp³-hybridized carbons (Fsp3) is 0.250. The van der Waals surface area contributed by atoms with Gasteiger partial charge in [-0.3, -0.25) is 14.4 Å². The van der Waals surface area contributed by atoms with Crippen LogP contribution in [0.3, 0.4) is 0 Å².